The Labute approximate surface area is 131 Å². The third-order valence-corrected chi connectivity index (χ3v) is 4.49. The first-order valence-corrected chi connectivity index (χ1v) is 8.13. The highest BCUT2D eigenvalue weighted by Crippen LogP contribution is 2.25. The summed E-state index contributed by atoms with van der Waals surface area (Å²) < 4.78 is 5.99. The highest BCUT2D eigenvalue weighted by atomic mass is 32.2. The van der Waals surface area contributed by atoms with Crippen molar-refractivity contribution in [1.29, 1.82) is 0 Å². The van der Waals surface area contributed by atoms with Gasteiger partial charge in [-0.05, 0) is 19.1 Å². The second kappa shape index (κ2) is 7.84. The minimum Gasteiger partial charge on any atom is -0.467 e. The summed E-state index contributed by atoms with van der Waals surface area (Å²) in [5.74, 6) is 0.959. The van der Waals surface area contributed by atoms with Crippen molar-refractivity contribution in [3.63, 3.8) is 0 Å². The van der Waals surface area contributed by atoms with Crippen LogP contribution < -0.4 is 10.6 Å². The van der Waals surface area contributed by atoms with Crippen molar-refractivity contribution in [1.82, 2.24) is 15.5 Å². The Bertz CT molecular complexity index is 583. The van der Waals surface area contributed by atoms with E-state index in [2.05, 4.69) is 27.4 Å². The molecule has 2 rings (SSSR count). The molecule has 0 bridgehead atoms. The van der Waals surface area contributed by atoms with E-state index in [1.165, 1.54) is 23.1 Å². The van der Waals surface area contributed by atoms with E-state index in [0.717, 1.165) is 15.2 Å². The second-order valence-corrected chi connectivity index (χ2v) is 6.34. The number of hydrogen-bond acceptors (Lipinski definition) is 7. The van der Waals surface area contributed by atoms with Crippen molar-refractivity contribution in [3.05, 3.63) is 36.8 Å². The van der Waals surface area contributed by atoms with Gasteiger partial charge in [-0.15, -0.1) is 16.8 Å². The fourth-order valence-corrected chi connectivity index (χ4v) is 3.09. The molecule has 2 aromatic rings. The number of nitrogens with zero attached hydrogens (tertiary/aromatic N) is 2. The topological polar surface area (TPSA) is 80.0 Å². The number of hydrogen-bond donors (Lipinski definition) is 2. The SMILES string of the molecule is C=CCNc1nnc(SCC(=O)N[C@@H](C)c2ccco2)s1. The molecule has 1 amide bonds. The fourth-order valence-electron chi connectivity index (χ4n) is 1.52. The number of furan rings is 1. The molecule has 0 aliphatic rings. The Morgan fingerprint density at radius 3 is 3.19 bits per heavy atom. The molecule has 6 nitrogen and oxygen atoms in total. The summed E-state index contributed by atoms with van der Waals surface area (Å²) in [6, 6.07) is 3.49. The Morgan fingerprint density at radius 1 is 1.62 bits per heavy atom. The lowest BCUT2D eigenvalue weighted by Gasteiger charge is -2.10. The molecule has 2 heterocycles. The fraction of sp³-hybridized carbons (Fsp3) is 0.308. The number of rotatable bonds is 8. The lowest BCUT2D eigenvalue weighted by Crippen LogP contribution is -2.27. The van der Waals surface area contributed by atoms with Crippen LogP contribution in [0.2, 0.25) is 0 Å². The molecule has 0 unspecified atom stereocenters. The third kappa shape index (κ3) is 4.91. The van der Waals surface area contributed by atoms with Gasteiger partial charge >= 0.3 is 0 Å². The van der Waals surface area contributed by atoms with Crippen LogP contribution >= 0.6 is 23.1 Å². The Hall–Kier alpha value is -1.80. The van der Waals surface area contributed by atoms with Crippen LogP contribution in [0.5, 0.6) is 0 Å². The molecule has 0 spiro atoms. The number of carbonyl (C=O) groups excluding carboxylic acids is 1. The van der Waals surface area contributed by atoms with Crippen LogP contribution in [0.25, 0.3) is 0 Å². The highest BCUT2D eigenvalue weighted by molar-refractivity contribution is 8.01. The van der Waals surface area contributed by atoms with Crippen molar-refractivity contribution >= 4 is 34.1 Å². The number of aromatic nitrogens is 2. The number of thioether (sulfide) groups is 1. The molecule has 2 N–H and O–H groups in total. The van der Waals surface area contributed by atoms with Crippen LogP contribution in [0, 0.1) is 0 Å². The van der Waals surface area contributed by atoms with Crippen LogP contribution in [-0.2, 0) is 4.79 Å². The van der Waals surface area contributed by atoms with Crippen molar-refractivity contribution < 1.29 is 9.21 Å². The maximum atomic E-state index is 11.9. The largest absolute Gasteiger partial charge is 0.467 e. The maximum absolute atomic E-state index is 11.9. The molecule has 8 heteroatoms. The molecule has 21 heavy (non-hydrogen) atoms. The number of amides is 1. The zero-order valence-electron chi connectivity index (χ0n) is 11.5. The van der Waals surface area contributed by atoms with E-state index >= 15 is 0 Å². The van der Waals surface area contributed by atoms with Gasteiger partial charge in [-0.2, -0.15) is 0 Å². The summed E-state index contributed by atoms with van der Waals surface area (Å²) in [6.45, 7) is 6.14. The predicted octanol–water partition coefficient (Wildman–Crippen LogP) is 2.70. The van der Waals surface area contributed by atoms with E-state index in [0.29, 0.717) is 12.3 Å². The summed E-state index contributed by atoms with van der Waals surface area (Å²) in [7, 11) is 0. The Morgan fingerprint density at radius 2 is 2.48 bits per heavy atom. The first kappa shape index (κ1) is 15.6. The van der Waals surface area contributed by atoms with Gasteiger partial charge in [-0.25, -0.2) is 0 Å². The molecule has 0 radical (unpaired) electrons. The highest BCUT2D eigenvalue weighted by Gasteiger charge is 2.13. The molecule has 0 aliphatic heterocycles. The van der Waals surface area contributed by atoms with E-state index in [-0.39, 0.29) is 11.9 Å². The number of anilines is 1. The van der Waals surface area contributed by atoms with Gasteiger partial charge in [0.2, 0.25) is 11.0 Å². The quantitative estimate of drug-likeness (QED) is 0.574. The Balaban J connectivity index is 1.75. The summed E-state index contributed by atoms with van der Waals surface area (Å²) in [5, 5.41) is 14.6. The molecular weight excluding hydrogens is 308 g/mol. The van der Waals surface area contributed by atoms with Crippen LogP contribution in [0.15, 0.2) is 39.8 Å². The van der Waals surface area contributed by atoms with Gasteiger partial charge < -0.3 is 15.1 Å². The van der Waals surface area contributed by atoms with Crippen LogP contribution in [0.4, 0.5) is 5.13 Å². The third-order valence-electron chi connectivity index (χ3n) is 2.48. The van der Waals surface area contributed by atoms with E-state index < -0.39 is 0 Å². The zero-order valence-corrected chi connectivity index (χ0v) is 13.2. The molecule has 1 atom stereocenters. The summed E-state index contributed by atoms with van der Waals surface area (Å²) in [6.07, 6.45) is 3.34. The first-order chi connectivity index (χ1) is 10.2. The van der Waals surface area contributed by atoms with E-state index in [1.807, 2.05) is 13.0 Å². The van der Waals surface area contributed by atoms with Crippen molar-refractivity contribution in [2.75, 3.05) is 17.6 Å². The molecule has 0 saturated heterocycles. The summed E-state index contributed by atoms with van der Waals surface area (Å²) in [4.78, 5) is 11.9. The smallest absolute Gasteiger partial charge is 0.231 e. The van der Waals surface area contributed by atoms with Crippen LogP contribution in [0.3, 0.4) is 0 Å². The molecule has 2 aromatic heterocycles. The van der Waals surface area contributed by atoms with Crippen LogP contribution in [-0.4, -0.2) is 28.4 Å². The normalized spacial score (nSPS) is 11.9. The van der Waals surface area contributed by atoms with Gasteiger partial charge in [-0.1, -0.05) is 29.2 Å². The minimum atomic E-state index is -0.146. The lowest BCUT2D eigenvalue weighted by atomic mass is 10.2. The van der Waals surface area contributed by atoms with Gasteiger partial charge in [0, 0.05) is 6.54 Å². The van der Waals surface area contributed by atoms with E-state index in [4.69, 9.17) is 4.42 Å². The number of carbonyl (C=O) groups is 1. The molecule has 0 fully saturated rings. The van der Waals surface area contributed by atoms with Crippen molar-refractivity contribution in [3.8, 4) is 0 Å². The average molecular weight is 324 g/mol. The molecule has 0 aromatic carbocycles. The van der Waals surface area contributed by atoms with Gasteiger partial charge in [0.05, 0.1) is 18.1 Å². The maximum Gasteiger partial charge on any atom is 0.231 e. The monoisotopic (exact) mass is 324 g/mol. The number of nitrogens with one attached hydrogen (secondary N) is 2. The first-order valence-electron chi connectivity index (χ1n) is 6.33. The lowest BCUT2D eigenvalue weighted by molar-refractivity contribution is -0.119. The molecule has 112 valence electrons. The van der Waals surface area contributed by atoms with Crippen LogP contribution in [0.1, 0.15) is 18.7 Å². The second-order valence-electron chi connectivity index (χ2n) is 4.14. The molecule has 0 aliphatic carbocycles. The van der Waals surface area contributed by atoms with E-state index in [1.54, 1.807) is 18.4 Å². The van der Waals surface area contributed by atoms with Gasteiger partial charge in [-0.3, -0.25) is 4.79 Å². The standard InChI is InChI=1S/C13H16N4O2S2/c1-3-6-14-12-16-17-13(21-12)20-8-11(18)15-9(2)10-5-4-7-19-10/h3-5,7,9H,1,6,8H2,2H3,(H,14,16)(H,15,18)/t9-/m0/s1. The summed E-state index contributed by atoms with van der Waals surface area (Å²) in [5.41, 5.74) is 0. The minimum absolute atomic E-state index is 0.0697. The van der Waals surface area contributed by atoms with Gasteiger partial charge in [0.25, 0.3) is 0 Å². The zero-order chi connectivity index (χ0) is 15.1. The van der Waals surface area contributed by atoms with Crippen molar-refractivity contribution in [2.24, 2.45) is 0 Å². The Kier molecular flexibility index (Phi) is 5.82. The van der Waals surface area contributed by atoms with Gasteiger partial charge in [0.15, 0.2) is 4.34 Å². The molecular formula is C13H16N4O2S2. The van der Waals surface area contributed by atoms with Gasteiger partial charge in [0.1, 0.15) is 5.76 Å². The predicted molar refractivity (Wildman–Crippen MR) is 84.6 cm³/mol. The molecule has 0 saturated carbocycles. The van der Waals surface area contributed by atoms with Crippen molar-refractivity contribution in [2.45, 2.75) is 17.3 Å². The average Bonchev–Trinajstić information content (AvgIpc) is 3.14. The van der Waals surface area contributed by atoms with E-state index in [9.17, 15) is 4.79 Å². The summed E-state index contributed by atoms with van der Waals surface area (Å²) >= 11 is 2.77.